The fourth-order valence-electron chi connectivity index (χ4n) is 0.679. The lowest BCUT2D eigenvalue weighted by Gasteiger charge is -1.94. The summed E-state index contributed by atoms with van der Waals surface area (Å²) >= 11 is 0. The third kappa shape index (κ3) is 24.5. The van der Waals surface area contributed by atoms with Gasteiger partial charge in [0.2, 0.25) is 0 Å². The van der Waals surface area contributed by atoms with Crippen LogP contribution in [0.4, 0.5) is 0 Å². The fourth-order valence-corrected chi connectivity index (χ4v) is 0.679. The fraction of sp³-hybridized carbons (Fsp3) is 1.00. The van der Waals surface area contributed by atoms with Crippen LogP contribution < -0.4 is 0 Å². The van der Waals surface area contributed by atoms with Gasteiger partial charge in [0.15, 0.2) is 0 Å². The second-order valence-corrected chi connectivity index (χ2v) is 2.90. The second kappa shape index (κ2) is 17.9. The van der Waals surface area contributed by atoms with Gasteiger partial charge in [0.25, 0.3) is 0 Å². The number of rotatable bonds is 7. The van der Waals surface area contributed by atoms with E-state index in [0.29, 0.717) is 0 Å². The Morgan fingerprint density at radius 2 is 1.38 bits per heavy atom. The van der Waals surface area contributed by atoms with Crippen LogP contribution in [0, 0.1) is 0 Å². The van der Waals surface area contributed by atoms with E-state index in [1.165, 1.54) is 25.7 Å². The van der Waals surface area contributed by atoms with Gasteiger partial charge in [0.1, 0.15) is 0 Å². The monoisotopic (exact) mass is 190 g/mol. The Morgan fingerprint density at radius 1 is 0.846 bits per heavy atom. The second-order valence-electron chi connectivity index (χ2n) is 2.90. The summed E-state index contributed by atoms with van der Waals surface area (Å²) < 4.78 is 9.86. The predicted octanol–water partition coefficient (Wildman–Crippen LogP) is 3.26. The Balaban J connectivity index is 0. The molecule has 13 heavy (non-hydrogen) atoms. The van der Waals surface area contributed by atoms with E-state index in [1.54, 1.807) is 7.11 Å². The molecule has 0 radical (unpaired) electrons. The van der Waals surface area contributed by atoms with E-state index in [1.807, 2.05) is 6.92 Å². The Morgan fingerprint density at radius 3 is 1.69 bits per heavy atom. The van der Waals surface area contributed by atoms with Gasteiger partial charge in [-0.2, -0.15) is 0 Å². The lowest BCUT2D eigenvalue weighted by molar-refractivity contribution is 0.144. The lowest BCUT2D eigenvalue weighted by Crippen LogP contribution is -1.90. The molecular weight excluding hydrogens is 164 g/mol. The molecule has 0 aromatic rings. The molecule has 2 heteroatoms. The zero-order valence-electron chi connectivity index (χ0n) is 9.77. The van der Waals surface area contributed by atoms with Crippen molar-refractivity contribution in [2.75, 3.05) is 26.9 Å². The zero-order valence-corrected chi connectivity index (χ0v) is 9.77. The lowest BCUT2D eigenvalue weighted by atomic mass is 10.4. The molecule has 0 N–H and O–H groups in total. The van der Waals surface area contributed by atoms with E-state index in [-0.39, 0.29) is 0 Å². The predicted molar refractivity (Wildman–Crippen MR) is 58.2 cm³/mol. The first-order valence-electron chi connectivity index (χ1n) is 5.40. The molecule has 0 rings (SSSR count). The van der Waals surface area contributed by atoms with Crippen molar-refractivity contribution < 1.29 is 9.47 Å². The number of hydrogen-bond acceptors (Lipinski definition) is 2. The Hall–Kier alpha value is -0.0800. The Labute approximate surface area is 83.6 Å². The highest BCUT2D eigenvalue weighted by Gasteiger charge is 1.78. The van der Waals surface area contributed by atoms with Crippen molar-refractivity contribution in [3.8, 4) is 0 Å². The van der Waals surface area contributed by atoms with Gasteiger partial charge in [-0.05, 0) is 19.8 Å². The average molecular weight is 190 g/mol. The SMILES string of the molecule is CCCCOC.CCCCOCC. The van der Waals surface area contributed by atoms with Crippen LogP contribution in [0.15, 0.2) is 0 Å². The molecule has 0 bridgehead atoms. The highest BCUT2D eigenvalue weighted by Crippen LogP contribution is 1.85. The van der Waals surface area contributed by atoms with Crippen LogP contribution >= 0.6 is 0 Å². The van der Waals surface area contributed by atoms with Crippen molar-refractivity contribution in [3.05, 3.63) is 0 Å². The molecule has 0 saturated heterocycles. The number of ether oxygens (including phenoxy) is 2. The summed E-state index contributed by atoms with van der Waals surface area (Å²) in [6, 6.07) is 0. The minimum Gasteiger partial charge on any atom is -0.385 e. The number of hydrogen-bond donors (Lipinski definition) is 0. The normalized spacial score (nSPS) is 9.23. The molecule has 0 fully saturated rings. The van der Waals surface area contributed by atoms with Crippen LogP contribution in [0.2, 0.25) is 0 Å². The van der Waals surface area contributed by atoms with E-state index in [4.69, 9.17) is 9.47 Å². The van der Waals surface area contributed by atoms with E-state index in [0.717, 1.165) is 19.8 Å². The van der Waals surface area contributed by atoms with Gasteiger partial charge in [0.05, 0.1) is 0 Å². The van der Waals surface area contributed by atoms with Gasteiger partial charge in [-0.25, -0.2) is 0 Å². The van der Waals surface area contributed by atoms with Gasteiger partial charge in [-0.1, -0.05) is 26.7 Å². The van der Waals surface area contributed by atoms with E-state index in [2.05, 4.69) is 13.8 Å². The molecule has 0 aliphatic rings. The van der Waals surface area contributed by atoms with Crippen LogP contribution in [-0.4, -0.2) is 26.9 Å². The summed E-state index contributed by atoms with van der Waals surface area (Å²) in [7, 11) is 1.73. The summed E-state index contributed by atoms with van der Waals surface area (Å²) in [4.78, 5) is 0. The maximum atomic E-state index is 5.07. The molecule has 0 aromatic carbocycles. The van der Waals surface area contributed by atoms with Crippen LogP contribution in [-0.2, 0) is 9.47 Å². The molecule has 0 atom stereocenters. The first-order chi connectivity index (χ1) is 6.33. The van der Waals surface area contributed by atoms with Crippen molar-refractivity contribution in [1.29, 1.82) is 0 Å². The Kier molecular flexibility index (Phi) is 21.2. The smallest absolute Gasteiger partial charge is 0.0465 e. The first kappa shape index (κ1) is 15.4. The standard InChI is InChI=1S/C6H14O.C5H12O/c1-3-5-6-7-4-2;1-3-4-5-6-2/h3-6H2,1-2H3;3-5H2,1-2H3. The highest BCUT2D eigenvalue weighted by atomic mass is 16.5. The first-order valence-corrected chi connectivity index (χ1v) is 5.40. The van der Waals surface area contributed by atoms with Crippen LogP contribution in [0.3, 0.4) is 0 Å². The van der Waals surface area contributed by atoms with Crippen molar-refractivity contribution in [3.63, 3.8) is 0 Å². The van der Waals surface area contributed by atoms with Crippen LogP contribution in [0.5, 0.6) is 0 Å². The summed E-state index contributed by atoms with van der Waals surface area (Å²) in [5.41, 5.74) is 0. The molecule has 0 heterocycles. The summed E-state index contributed by atoms with van der Waals surface area (Å²) in [5, 5.41) is 0. The molecule has 82 valence electrons. The molecule has 2 nitrogen and oxygen atoms in total. The number of methoxy groups -OCH3 is 1. The largest absolute Gasteiger partial charge is 0.385 e. The minimum atomic E-state index is 0.861. The molecule has 0 unspecified atom stereocenters. The van der Waals surface area contributed by atoms with E-state index < -0.39 is 0 Å². The molecule has 0 aromatic heterocycles. The summed E-state index contributed by atoms with van der Waals surface area (Å²) in [5.74, 6) is 0. The molecule has 0 amide bonds. The molecule has 0 spiro atoms. The van der Waals surface area contributed by atoms with Gasteiger partial charge < -0.3 is 9.47 Å². The van der Waals surface area contributed by atoms with Crippen molar-refractivity contribution in [1.82, 2.24) is 0 Å². The average Bonchev–Trinajstić information content (AvgIpc) is 2.17. The summed E-state index contributed by atoms with van der Waals surface area (Å²) in [6.45, 7) is 9.05. The maximum absolute atomic E-state index is 5.07. The van der Waals surface area contributed by atoms with Crippen molar-refractivity contribution in [2.24, 2.45) is 0 Å². The molecular formula is C11H26O2. The maximum Gasteiger partial charge on any atom is 0.0465 e. The third-order valence-corrected chi connectivity index (χ3v) is 1.55. The topological polar surface area (TPSA) is 18.5 Å². The zero-order chi connectivity index (χ0) is 10.4. The Bertz CT molecular complexity index is 57.1. The molecule has 0 aliphatic carbocycles. The van der Waals surface area contributed by atoms with Crippen molar-refractivity contribution in [2.45, 2.75) is 46.5 Å². The molecule has 0 saturated carbocycles. The van der Waals surface area contributed by atoms with Crippen LogP contribution in [0.1, 0.15) is 46.5 Å². The minimum absolute atomic E-state index is 0.861. The van der Waals surface area contributed by atoms with Gasteiger partial charge in [-0.15, -0.1) is 0 Å². The van der Waals surface area contributed by atoms with Crippen molar-refractivity contribution >= 4 is 0 Å². The highest BCUT2D eigenvalue weighted by molar-refractivity contribution is 4.28. The third-order valence-electron chi connectivity index (χ3n) is 1.55. The van der Waals surface area contributed by atoms with Gasteiger partial charge in [-0.3, -0.25) is 0 Å². The van der Waals surface area contributed by atoms with Gasteiger partial charge >= 0.3 is 0 Å². The number of unbranched alkanes of at least 4 members (excludes halogenated alkanes) is 2. The van der Waals surface area contributed by atoms with Gasteiger partial charge in [0, 0.05) is 26.9 Å². The van der Waals surface area contributed by atoms with Crippen LogP contribution in [0.25, 0.3) is 0 Å². The quantitative estimate of drug-likeness (QED) is 0.574. The molecule has 0 aliphatic heterocycles. The summed E-state index contributed by atoms with van der Waals surface area (Å²) in [6.07, 6.45) is 4.86. The van der Waals surface area contributed by atoms with E-state index in [9.17, 15) is 0 Å². The van der Waals surface area contributed by atoms with E-state index >= 15 is 0 Å².